The fraction of sp³-hybridized carbons (Fsp3) is 0.278. The molecular weight excluding hydrogens is 340 g/mol. The van der Waals surface area contributed by atoms with Crippen LogP contribution >= 0.6 is 0 Å². The molecule has 134 valence electrons. The minimum atomic E-state index is -3.60. The molecule has 0 saturated carbocycles. The molecule has 0 heterocycles. The number of aryl methyl sites for hydroxylation is 1. The van der Waals surface area contributed by atoms with E-state index in [1.807, 2.05) is 13.0 Å². The number of anilines is 2. The van der Waals surface area contributed by atoms with Crippen LogP contribution in [0, 0.1) is 6.92 Å². The van der Waals surface area contributed by atoms with Crippen LogP contribution < -0.4 is 14.4 Å². The van der Waals surface area contributed by atoms with Crippen molar-refractivity contribution in [2.24, 2.45) is 0 Å². The third-order valence-electron chi connectivity index (χ3n) is 3.50. The predicted octanol–water partition coefficient (Wildman–Crippen LogP) is 2.80. The topological polar surface area (TPSA) is 75.7 Å². The molecule has 0 aliphatic rings. The Morgan fingerprint density at radius 2 is 1.88 bits per heavy atom. The predicted molar refractivity (Wildman–Crippen MR) is 99.6 cm³/mol. The normalized spacial score (nSPS) is 11.0. The zero-order chi connectivity index (χ0) is 18.4. The van der Waals surface area contributed by atoms with Gasteiger partial charge in [0, 0.05) is 11.8 Å². The van der Waals surface area contributed by atoms with Gasteiger partial charge in [-0.25, -0.2) is 8.42 Å². The van der Waals surface area contributed by atoms with Crippen LogP contribution in [0.3, 0.4) is 0 Å². The van der Waals surface area contributed by atoms with Gasteiger partial charge in [0.2, 0.25) is 15.9 Å². The van der Waals surface area contributed by atoms with E-state index in [9.17, 15) is 13.2 Å². The van der Waals surface area contributed by atoms with E-state index >= 15 is 0 Å². The first-order valence-corrected chi connectivity index (χ1v) is 9.72. The second-order valence-corrected chi connectivity index (χ2v) is 7.47. The molecule has 0 unspecified atom stereocenters. The molecule has 2 aromatic carbocycles. The molecule has 0 aromatic heterocycles. The highest BCUT2D eigenvalue weighted by atomic mass is 32.2. The van der Waals surface area contributed by atoms with E-state index in [-0.39, 0.29) is 6.54 Å². The molecule has 0 spiro atoms. The second-order valence-electron chi connectivity index (χ2n) is 5.57. The fourth-order valence-electron chi connectivity index (χ4n) is 2.39. The summed E-state index contributed by atoms with van der Waals surface area (Å²) in [5, 5.41) is 2.71. The summed E-state index contributed by atoms with van der Waals surface area (Å²) in [4.78, 5) is 12.4. The molecular formula is C18H22N2O4S. The van der Waals surface area contributed by atoms with Gasteiger partial charge in [-0.1, -0.05) is 24.3 Å². The van der Waals surface area contributed by atoms with E-state index in [2.05, 4.69) is 5.32 Å². The maximum absolute atomic E-state index is 12.4. The number of hydrogen-bond acceptors (Lipinski definition) is 4. The third kappa shape index (κ3) is 5.22. The van der Waals surface area contributed by atoms with E-state index < -0.39 is 15.9 Å². The van der Waals surface area contributed by atoms with Crippen molar-refractivity contribution in [2.75, 3.05) is 29.0 Å². The van der Waals surface area contributed by atoms with Crippen molar-refractivity contribution in [3.8, 4) is 5.75 Å². The molecule has 6 nitrogen and oxygen atoms in total. The van der Waals surface area contributed by atoms with E-state index in [1.54, 1.807) is 49.4 Å². The zero-order valence-electron chi connectivity index (χ0n) is 14.5. The molecule has 2 aromatic rings. The van der Waals surface area contributed by atoms with E-state index in [4.69, 9.17) is 4.74 Å². The van der Waals surface area contributed by atoms with Gasteiger partial charge >= 0.3 is 0 Å². The Bertz CT molecular complexity index is 850. The number of carbonyl (C=O) groups excluding carboxylic acids is 1. The number of benzene rings is 2. The molecule has 2 rings (SSSR count). The van der Waals surface area contributed by atoms with Crippen LogP contribution in [0.15, 0.2) is 48.5 Å². The summed E-state index contributed by atoms with van der Waals surface area (Å²) in [5.41, 5.74) is 1.82. The molecule has 0 aliphatic carbocycles. The smallest absolute Gasteiger partial charge is 0.245 e. The van der Waals surface area contributed by atoms with Crippen molar-refractivity contribution in [1.29, 1.82) is 0 Å². The summed E-state index contributed by atoms with van der Waals surface area (Å²) in [6.45, 7) is 3.89. The van der Waals surface area contributed by atoms with Gasteiger partial charge in [-0.05, 0) is 37.6 Å². The molecule has 0 radical (unpaired) electrons. The minimum absolute atomic E-state index is 0.303. The summed E-state index contributed by atoms with van der Waals surface area (Å²) in [5.74, 6) is 0.210. The summed E-state index contributed by atoms with van der Waals surface area (Å²) in [6.07, 6.45) is 1.09. The van der Waals surface area contributed by atoms with Crippen LogP contribution in [0.2, 0.25) is 0 Å². The molecule has 0 saturated heterocycles. The third-order valence-corrected chi connectivity index (χ3v) is 4.63. The number of hydrogen-bond donors (Lipinski definition) is 1. The average molecular weight is 362 g/mol. The highest BCUT2D eigenvalue weighted by molar-refractivity contribution is 7.92. The van der Waals surface area contributed by atoms with Crippen molar-refractivity contribution in [1.82, 2.24) is 0 Å². The van der Waals surface area contributed by atoms with E-state index in [0.29, 0.717) is 23.7 Å². The average Bonchev–Trinajstić information content (AvgIpc) is 2.53. The van der Waals surface area contributed by atoms with Gasteiger partial charge < -0.3 is 10.1 Å². The Morgan fingerprint density at radius 3 is 2.52 bits per heavy atom. The Kier molecular flexibility index (Phi) is 6.03. The lowest BCUT2D eigenvalue weighted by atomic mass is 10.2. The molecule has 1 amide bonds. The Hall–Kier alpha value is -2.54. The van der Waals surface area contributed by atoms with Crippen molar-refractivity contribution in [3.63, 3.8) is 0 Å². The van der Waals surface area contributed by atoms with E-state index in [1.165, 1.54) is 0 Å². The Labute approximate surface area is 148 Å². The molecule has 0 atom stereocenters. The van der Waals surface area contributed by atoms with Gasteiger partial charge in [-0.2, -0.15) is 0 Å². The summed E-state index contributed by atoms with van der Waals surface area (Å²) in [6, 6.07) is 14.0. The highest BCUT2D eigenvalue weighted by Gasteiger charge is 2.22. The Morgan fingerprint density at radius 1 is 1.16 bits per heavy atom. The summed E-state index contributed by atoms with van der Waals surface area (Å²) in [7, 11) is -3.60. The number of nitrogens with one attached hydrogen (secondary N) is 1. The second kappa shape index (κ2) is 8.02. The van der Waals surface area contributed by atoms with Crippen LogP contribution in [-0.2, 0) is 14.8 Å². The molecule has 0 bridgehead atoms. The zero-order valence-corrected chi connectivity index (χ0v) is 15.3. The number of carbonyl (C=O) groups is 1. The molecule has 1 N–H and O–H groups in total. The van der Waals surface area contributed by atoms with Crippen LogP contribution in [-0.4, -0.2) is 33.7 Å². The number of para-hydroxylation sites is 1. The highest BCUT2D eigenvalue weighted by Crippen LogP contribution is 2.22. The quantitative estimate of drug-likeness (QED) is 0.822. The SMILES string of the molecule is CCOc1cccc(NC(=O)CN(c2ccccc2C)S(C)(=O)=O)c1. The molecule has 7 heteroatoms. The monoisotopic (exact) mass is 362 g/mol. The number of amides is 1. The number of rotatable bonds is 7. The van der Waals surface area contributed by atoms with Crippen molar-refractivity contribution in [3.05, 3.63) is 54.1 Å². The van der Waals surface area contributed by atoms with E-state index in [0.717, 1.165) is 16.1 Å². The first-order valence-electron chi connectivity index (χ1n) is 7.87. The Balaban J connectivity index is 2.18. The maximum atomic E-state index is 12.4. The maximum Gasteiger partial charge on any atom is 0.245 e. The summed E-state index contributed by atoms with van der Waals surface area (Å²) >= 11 is 0. The minimum Gasteiger partial charge on any atom is -0.494 e. The standard InChI is InChI=1S/C18H22N2O4S/c1-4-24-16-10-7-9-15(12-16)19-18(21)13-20(25(3,22)23)17-11-6-5-8-14(17)2/h5-12H,4,13H2,1-3H3,(H,19,21). The molecule has 0 aliphatic heterocycles. The van der Waals surface area contributed by atoms with Gasteiger partial charge in [0.1, 0.15) is 12.3 Å². The lowest BCUT2D eigenvalue weighted by Crippen LogP contribution is -2.37. The number of ether oxygens (including phenoxy) is 1. The van der Waals surface area contributed by atoms with Crippen molar-refractivity contribution >= 4 is 27.3 Å². The van der Waals surface area contributed by atoms with Crippen molar-refractivity contribution < 1.29 is 17.9 Å². The van der Waals surface area contributed by atoms with Crippen LogP contribution in [0.1, 0.15) is 12.5 Å². The number of nitrogens with zero attached hydrogens (tertiary/aromatic N) is 1. The summed E-state index contributed by atoms with van der Waals surface area (Å²) < 4.78 is 30.8. The van der Waals surface area contributed by atoms with Gasteiger partial charge in [0.15, 0.2) is 0 Å². The largest absolute Gasteiger partial charge is 0.494 e. The van der Waals surface area contributed by atoms with Crippen molar-refractivity contribution in [2.45, 2.75) is 13.8 Å². The first-order chi connectivity index (χ1) is 11.8. The lowest BCUT2D eigenvalue weighted by Gasteiger charge is -2.23. The van der Waals surface area contributed by atoms with Gasteiger partial charge in [0.25, 0.3) is 0 Å². The number of sulfonamides is 1. The molecule has 25 heavy (non-hydrogen) atoms. The van der Waals surface area contributed by atoms with Crippen LogP contribution in [0.4, 0.5) is 11.4 Å². The van der Waals surface area contributed by atoms with Gasteiger partial charge in [0.05, 0.1) is 18.6 Å². The van der Waals surface area contributed by atoms with Gasteiger partial charge in [-0.3, -0.25) is 9.10 Å². The van der Waals surface area contributed by atoms with Gasteiger partial charge in [-0.15, -0.1) is 0 Å². The van der Waals surface area contributed by atoms with Crippen LogP contribution in [0.25, 0.3) is 0 Å². The lowest BCUT2D eigenvalue weighted by molar-refractivity contribution is -0.114. The fourth-order valence-corrected chi connectivity index (χ4v) is 3.30. The first kappa shape index (κ1) is 18.8. The molecule has 0 fully saturated rings. The van der Waals surface area contributed by atoms with Crippen LogP contribution in [0.5, 0.6) is 5.75 Å².